The van der Waals surface area contributed by atoms with Gasteiger partial charge in [0.1, 0.15) is 5.69 Å². The average Bonchev–Trinajstić information content (AvgIpc) is 3.17. The van der Waals surface area contributed by atoms with Crippen molar-refractivity contribution in [1.82, 2.24) is 24.5 Å². The van der Waals surface area contributed by atoms with Crippen LogP contribution in [-0.4, -0.2) is 42.5 Å². The second kappa shape index (κ2) is 4.97. The topological polar surface area (TPSA) is 56.0 Å². The fourth-order valence-electron chi connectivity index (χ4n) is 4.25. The van der Waals surface area contributed by atoms with Crippen molar-refractivity contribution in [3.05, 3.63) is 35.9 Å². The van der Waals surface area contributed by atoms with Gasteiger partial charge in [-0.25, -0.2) is 0 Å². The second-order valence-electron chi connectivity index (χ2n) is 6.49. The van der Waals surface area contributed by atoms with Crippen LogP contribution in [0.3, 0.4) is 0 Å². The minimum Gasteiger partial charge on any atom is -0.331 e. The highest BCUT2D eigenvalue weighted by Crippen LogP contribution is 2.43. The van der Waals surface area contributed by atoms with E-state index >= 15 is 0 Å². The Morgan fingerprint density at radius 1 is 1.05 bits per heavy atom. The summed E-state index contributed by atoms with van der Waals surface area (Å²) in [5.41, 5.74) is 1.99. The molecule has 0 spiro atoms. The summed E-state index contributed by atoms with van der Waals surface area (Å²) < 4.78 is 3.65. The SMILES string of the molecule is Cn1nccc1C(=O)N1C2CCC1CC(c1ccnn1C)C2. The highest BCUT2D eigenvalue weighted by Gasteiger charge is 2.44. The zero-order valence-electron chi connectivity index (χ0n) is 13.0. The predicted octanol–water partition coefficient (Wildman–Crippen LogP) is 1.70. The van der Waals surface area contributed by atoms with Crippen LogP contribution in [0.1, 0.15) is 47.8 Å². The quantitative estimate of drug-likeness (QED) is 0.848. The van der Waals surface area contributed by atoms with Crippen molar-refractivity contribution in [1.29, 1.82) is 0 Å². The van der Waals surface area contributed by atoms with Crippen LogP contribution < -0.4 is 0 Å². The fourth-order valence-corrected chi connectivity index (χ4v) is 4.25. The third-order valence-electron chi connectivity index (χ3n) is 5.28. The number of hydrogen-bond donors (Lipinski definition) is 0. The average molecular weight is 299 g/mol. The van der Waals surface area contributed by atoms with Gasteiger partial charge < -0.3 is 4.90 Å². The summed E-state index contributed by atoms with van der Waals surface area (Å²) in [6.45, 7) is 0. The Balaban J connectivity index is 1.58. The number of rotatable bonds is 2. The minimum absolute atomic E-state index is 0.135. The van der Waals surface area contributed by atoms with Gasteiger partial charge in [0.15, 0.2) is 0 Å². The van der Waals surface area contributed by atoms with Crippen molar-refractivity contribution in [2.24, 2.45) is 14.1 Å². The maximum Gasteiger partial charge on any atom is 0.272 e. The monoisotopic (exact) mass is 299 g/mol. The molecule has 116 valence electrons. The Morgan fingerprint density at radius 2 is 1.68 bits per heavy atom. The number of aryl methyl sites for hydroxylation is 2. The van der Waals surface area contributed by atoms with Gasteiger partial charge in [-0.3, -0.25) is 14.2 Å². The van der Waals surface area contributed by atoms with E-state index in [9.17, 15) is 4.79 Å². The lowest BCUT2D eigenvalue weighted by atomic mass is 9.88. The first-order chi connectivity index (χ1) is 10.6. The second-order valence-corrected chi connectivity index (χ2v) is 6.49. The summed E-state index contributed by atoms with van der Waals surface area (Å²) in [5.74, 6) is 0.650. The van der Waals surface area contributed by atoms with E-state index < -0.39 is 0 Å². The first-order valence-electron chi connectivity index (χ1n) is 7.93. The summed E-state index contributed by atoms with van der Waals surface area (Å²) in [7, 11) is 3.84. The zero-order chi connectivity index (χ0) is 15.3. The molecule has 6 nitrogen and oxygen atoms in total. The molecule has 0 radical (unpaired) electrons. The van der Waals surface area contributed by atoms with Crippen molar-refractivity contribution in [3.63, 3.8) is 0 Å². The lowest BCUT2D eigenvalue weighted by molar-refractivity contribution is 0.0557. The van der Waals surface area contributed by atoms with Crippen LogP contribution in [0.4, 0.5) is 0 Å². The van der Waals surface area contributed by atoms with Gasteiger partial charge in [0.2, 0.25) is 0 Å². The molecule has 22 heavy (non-hydrogen) atoms. The van der Waals surface area contributed by atoms with Crippen LogP contribution in [-0.2, 0) is 14.1 Å². The molecular weight excluding hydrogens is 278 g/mol. The first kappa shape index (κ1) is 13.5. The van der Waals surface area contributed by atoms with E-state index in [1.54, 1.807) is 10.9 Å². The van der Waals surface area contributed by atoms with Crippen LogP contribution in [0, 0.1) is 0 Å². The maximum absolute atomic E-state index is 12.9. The Morgan fingerprint density at radius 3 is 2.23 bits per heavy atom. The normalized spacial score (nSPS) is 27.4. The summed E-state index contributed by atoms with van der Waals surface area (Å²) in [6.07, 6.45) is 7.87. The number of piperidine rings is 1. The molecule has 0 aromatic carbocycles. The third kappa shape index (κ3) is 1.97. The van der Waals surface area contributed by atoms with Crippen molar-refractivity contribution in [2.75, 3.05) is 0 Å². The van der Waals surface area contributed by atoms with Gasteiger partial charge in [-0.1, -0.05) is 0 Å². The molecule has 2 saturated heterocycles. The maximum atomic E-state index is 12.9. The molecule has 4 rings (SSSR count). The van der Waals surface area contributed by atoms with E-state index in [1.807, 2.05) is 31.0 Å². The van der Waals surface area contributed by atoms with Crippen LogP contribution in [0.2, 0.25) is 0 Å². The summed E-state index contributed by atoms with van der Waals surface area (Å²) in [5, 5.41) is 8.42. The van der Waals surface area contributed by atoms with E-state index in [4.69, 9.17) is 0 Å². The number of carbonyl (C=O) groups is 1. The molecule has 2 aliphatic rings. The van der Waals surface area contributed by atoms with E-state index in [1.165, 1.54) is 5.69 Å². The van der Waals surface area contributed by atoms with Crippen molar-refractivity contribution in [2.45, 2.75) is 43.7 Å². The minimum atomic E-state index is 0.135. The molecule has 2 aromatic heterocycles. The number of amides is 1. The van der Waals surface area contributed by atoms with Gasteiger partial charge in [0.05, 0.1) is 0 Å². The molecule has 2 aliphatic heterocycles. The standard InChI is InChI=1S/C16H21N5O/c1-19-14(5-7-17-19)11-9-12-3-4-13(10-11)21(12)16(22)15-6-8-18-20(15)2/h5-8,11-13H,3-4,9-10H2,1-2H3. The number of nitrogens with zero attached hydrogens (tertiary/aromatic N) is 5. The first-order valence-corrected chi connectivity index (χ1v) is 7.93. The largest absolute Gasteiger partial charge is 0.331 e. The fraction of sp³-hybridized carbons (Fsp3) is 0.562. The zero-order valence-corrected chi connectivity index (χ0v) is 13.0. The third-order valence-corrected chi connectivity index (χ3v) is 5.28. The Labute approximate surface area is 129 Å². The van der Waals surface area contributed by atoms with Crippen LogP contribution in [0.25, 0.3) is 0 Å². The number of hydrogen-bond acceptors (Lipinski definition) is 3. The number of carbonyl (C=O) groups excluding carboxylic acids is 1. The van der Waals surface area contributed by atoms with E-state index in [-0.39, 0.29) is 5.91 Å². The smallest absolute Gasteiger partial charge is 0.272 e. The van der Waals surface area contributed by atoms with Crippen molar-refractivity contribution in [3.8, 4) is 0 Å². The van der Waals surface area contributed by atoms with E-state index in [0.29, 0.717) is 23.7 Å². The molecule has 2 atom stereocenters. The van der Waals surface area contributed by atoms with Gasteiger partial charge >= 0.3 is 0 Å². The Hall–Kier alpha value is -2.11. The summed E-state index contributed by atoms with van der Waals surface area (Å²) in [4.78, 5) is 15.0. The van der Waals surface area contributed by atoms with Gasteiger partial charge in [0.25, 0.3) is 5.91 Å². The number of aromatic nitrogens is 4. The van der Waals surface area contributed by atoms with Crippen LogP contribution in [0.15, 0.2) is 24.5 Å². The highest BCUT2D eigenvalue weighted by atomic mass is 16.2. The molecule has 0 N–H and O–H groups in total. The van der Waals surface area contributed by atoms with Gasteiger partial charge in [-0.15, -0.1) is 0 Å². The molecule has 6 heteroatoms. The molecule has 2 fully saturated rings. The summed E-state index contributed by atoms with van der Waals surface area (Å²) >= 11 is 0. The molecule has 1 amide bonds. The lowest BCUT2D eigenvalue weighted by Crippen LogP contribution is -2.46. The number of fused-ring (bicyclic) bond motifs is 2. The highest BCUT2D eigenvalue weighted by molar-refractivity contribution is 5.93. The van der Waals surface area contributed by atoms with Crippen molar-refractivity contribution >= 4 is 5.91 Å². The molecule has 4 heterocycles. The Bertz CT molecular complexity index is 689. The Kier molecular flexibility index (Phi) is 3.06. The molecule has 2 bridgehead atoms. The summed E-state index contributed by atoms with van der Waals surface area (Å²) in [6, 6.07) is 4.62. The van der Waals surface area contributed by atoms with Gasteiger partial charge in [-0.2, -0.15) is 10.2 Å². The van der Waals surface area contributed by atoms with Crippen molar-refractivity contribution < 1.29 is 4.79 Å². The van der Waals surface area contributed by atoms with E-state index in [2.05, 4.69) is 21.2 Å². The molecule has 0 aliphatic carbocycles. The lowest BCUT2D eigenvalue weighted by Gasteiger charge is -2.39. The van der Waals surface area contributed by atoms with E-state index in [0.717, 1.165) is 25.7 Å². The van der Waals surface area contributed by atoms with Crippen LogP contribution >= 0.6 is 0 Å². The van der Waals surface area contributed by atoms with Crippen LogP contribution in [0.5, 0.6) is 0 Å². The molecular formula is C16H21N5O. The predicted molar refractivity (Wildman–Crippen MR) is 81.4 cm³/mol. The van der Waals surface area contributed by atoms with Gasteiger partial charge in [-0.05, 0) is 37.8 Å². The van der Waals surface area contributed by atoms with Gasteiger partial charge in [0, 0.05) is 50.2 Å². The molecule has 0 saturated carbocycles. The molecule has 2 aromatic rings. The molecule has 2 unspecified atom stereocenters.